The minimum Gasteiger partial charge on any atom is -0.497 e. The highest BCUT2D eigenvalue weighted by atomic mass is 32.2. The van der Waals surface area contributed by atoms with Gasteiger partial charge in [0.25, 0.3) is 0 Å². The average molecular weight is 418 g/mol. The first-order valence-corrected chi connectivity index (χ1v) is 10.3. The molecular formula is C21H24FN3O3S. The predicted molar refractivity (Wildman–Crippen MR) is 112 cm³/mol. The molecule has 0 spiro atoms. The monoisotopic (exact) mass is 417 g/mol. The van der Waals surface area contributed by atoms with Crippen LogP contribution in [0.5, 0.6) is 5.75 Å². The Hall–Kier alpha value is -2.58. The Morgan fingerprint density at radius 3 is 2.79 bits per heavy atom. The lowest BCUT2D eigenvalue weighted by Gasteiger charge is -2.26. The Morgan fingerprint density at radius 2 is 2.03 bits per heavy atom. The van der Waals surface area contributed by atoms with E-state index in [0.29, 0.717) is 23.5 Å². The molecule has 0 unspecified atom stereocenters. The van der Waals surface area contributed by atoms with Crippen LogP contribution in [-0.4, -0.2) is 61.2 Å². The number of carbonyl (C=O) groups is 2. The zero-order valence-corrected chi connectivity index (χ0v) is 17.2. The number of rotatable bonds is 7. The molecule has 1 saturated heterocycles. The second-order valence-corrected chi connectivity index (χ2v) is 7.97. The fraction of sp³-hybridized carbons (Fsp3) is 0.333. The van der Waals surface area contributed by atoms with Crippen molar-refractivity contribution in [1.29, 1.82) is 0 Å². The lowest BCUT2D eigenvalue weighted by Crippen LogP contribution is -2.41. The molecule has 29 heavy (non-hydrogen) atoms. The molecule has 0 bridgehead atoms. The van der Waals surface area contributed by atoms with Gasteiger partial charge < -0.3 is 15.0 Å². The van der Waals surface area contributed by atoms with Gasteiger partial charge in [-0.1, -0.05) is 24.3 Å². The van der Waals surface area contributed by atoms with Gasteiger partial charge in [0, 0.05) is 29.6 Å². The summed E-state index contributed by atoms with van der Waals surface area (Å²) < 4.78 is 19.3. The summed E-state index contributed by atoms with van der Waals surface area (Å²) in [5, 5.41) is 2.46. The summed E-state index contributed by atoms with van der Waals surface area (Å²) in [6.45, 7) is 0.706. The molecular weight excluding hydrogens is 393 g/mol. The zero-order chi connectivity index (χ0) is 20.8. The summed E-state index contributed by atoms with van der Waals surface area (Å²) >= 11 is 1.55. The number of carbonyl (C=O) groups excluding carboxylic acids is 2. The normalized spacial score (nSPS) is 16.1. The van der Waals surface area contributed by atoms with E-state index in [-0.39, 0.29) is 36.1 Å². The van der Waals surface area contributed by atoms with Gasteiger partial charge in [-0.2, -0.15) is 0 Å². The summed E-state index contributed by atoms with van der Waals surface area (Å²) in [5.74, 6) is 0.743. The highest BCUT2D eigenvalue weighted by molar-refractivity contribution is 7.99. The minimum atomic E-state index is -0.331. The Balaban J connectivity index is 1.55. The van der Waals surface area contributed by atoms with Crippen LogP contribution in [0.25, 0.3) is 0 Å². The number of ether oxygens (including phenoxy) is 1. The van der Waals surface area contributed by atoms with Gasteiger partial charge in [0.1, 0.15) is 16.9 Å². The topological polar surface area (TPSA) is 61.9 Å². The van der Waals surface area contributed by atoms with Gasteiger partial charge in [0.15, 0.2) is 0 Å². The Kier molecular flexibility index (Phi) is 7.11. The van der Waals surface area contributed by atoms with Crippen molar-refractivity contribution in [1.82, 2.24) is 9.80 Å². The second-order valence-electron chi connectivity index (χ2n) is 6.78. The SMILES string of the molecule is COc1cccc(NC(=O)CN(C)CC(=O)N2CCS[C@H]2c2ccccc2F)c1. The van der Waals surface area contributed by atoms with Crippen molar-refractivity contribution in [3.05, 3.63) is 59.9 Å². The van der Waals surface area contributed by atoms with Crippen LogP contribution in [-0.2, 0) is 9.59 Å². The van der Waals surface area contributed by atoms with Crippen LogP contribution in [0.15, 0.2) is 48.5 Å². The molecule has 1 aliphatic rings. The summed E-state index contributed by atoms with van der Waals surface area (Å²) in [5.41, 5.74) is 1.14. The van der Waals surface area contributed by atoms with Gasteiger partial charge in [-0.3, -0.25) is 14.5 Å². The third-order valence-electron chi connectivity index (χ3n) is 4.55. The Morgan fingerprint density at radius 1 is 1.24 bits per heavy atom. The third-order valence-corrected chi connectivity index (χ3v) is 5.80. The summed E-state index contributed by atoms with van der Waals surface area (Å²) in [7, 11) is 3.27. The molecule has 0 saturated carbocycles. The van der Waals surface area contributed by atoms with E-state index >= 15 is 0 Å². The largest absolute Gasteiger partial charge is 0.497 e. The third kappa shape index (κ3) is 5.48. The maximum atomic E-state index is 14.2. The van der Waals surface area contributed by atoms with Crippen molar-refractivity contribution in [2.75, 3.05) is 44.9 Å². The molecule has 0 aliphatic carbocycles. The summed E-state index contributed by atoms with van der Waals surface area (Å²) in [4.78, 5) is 28.4. The van der Waals surface area contributed by atoms with Gasteiger partial charge >= 0.3 is 0 Å². The smallest absolute Gasteiger partial charge is 0.238 e. The van der Waals surface area contributed by atoms with E-state index < -0.39 is 0 Å². The lowest BCUT2D eigenvalue weighted by atomic mass is 10.2. The van der Waals surface area contributed by atoms with E-state index in [2.05, 4.69) is 5.32 Å². The van der Waals surface area contributed by atoms with E-state index in [0.717, 1.165) is 5.75 Å². The van der Waals surface area contributed by atoms with Crippen LogP contribution in [0.1, 0.15) is 10.9 Å². The van der Waals surface area contributed by atoms with Gasteiger partial charge in [-0.15, -0.1) is 11.8 Å². The molecule has 0 radical (unpaired) electrons. The molecule has 154 valence electrons. The number of methoxy groups -OCH3 is 1. The number of hydrogen-bond acceptors (Lipinski definition) is 5. The van der Waals surface area contributed by atoms with Gasteiger partial charge in [-0.05, 0) is 25.2 Å². The van der Waals surface area contributed by atoms with Gasteiger partial charge in [-0.25, -0.2) is 4.39 Å². The number of halogens is 1. The van der Waals surface area contributed by atoms with Crippen LogP contribution in [0.4, 0.5) is 10.1 Å². The van der Waals surface area contributed by atoms with Crippen LogP contribution in [0.3, 0.4) is 0 Å². The number of thioether (sulfide) groups is 1. The molecule has 3 rings (SSSR count). The number of nitrogens with zero attached hydrogens (tertiary/aromatic N) is 2. The number of anilines is 1. The summed E-state index contributed by atoms with van der Waals surface area (Å²) in [6.07, 6.45) is 0. The van der Waals surface area contributed by atoms with E-state index in [1.807, 2.05) is 0 Å². The predicted octanol–water partition coefficient (Wildman–Crippen LogP) is 2.98. The molecule has 2 aromatic rings. The molecule has 0 aromatic heterocycles. The number of nitrogens with one attached hydrogen (secondary N) is 1. The second kappa shape index (κ2) is 9.76. The number of hydrogen-bond donors (Lipinski definition) is 1. The number of benzene rings is 2. The van der Waals surface area contributed by atoms with Gasteiger partial charge in [0.2, 0.25) is 11.8 Å². The molecule has 2 aromatic carbocycles. The first-order chi connectivity index (χ1) is 14.0. The highest BCUT2D eigenvalue weighted by Gasteiger charge is 2.32. The lowest BCUT2D eigenvalue weighted by molar-refractivity contribution is -0.132. The maximum absolute atomic E-state index is 14.2. The van der Waals surface area contributed by atoms with Crippen molar-refractivity contribution < 1.29 is 18.7 Å². The zero-order valence-electron chi connectivity index (χ0n) is 16.4. The number of likely N-dealkylation sites (N-methyl/N-ethyl adjacent to an activating group) is 1. The Labute approximate surface area is 174 Å². The molecule has 1 N–H and O–H groups in total. The van der Waals surface area contributed by atoms with E-state index in [1.54, 1.807) is 78.2 Å². The quantitative estimate of drug-likeness (QED) is 0.751. The molecule has 1 heterocycles. The Bertz CT molecular complexity index is 880. The van der Waals surface area contributed by atoms with Crippen molar-refractivity contribution >= 4 is 29.3 Å². The molecule has 1 aliphatic heterocycles. The van der Waals surface area contributed by atoms with Crippen molar-refractivity contribution in [3.63, 3.8) is 0 Å². The first kappa shape index (κ1) is 21.1. The van der Waals surface area contributed by atoms with E-state index in [4.69, 9.17) is 4.74 Å². The van der Waals surface area contributed by atoms with Crippen LogP contribution in [0.2, 0.25) is 0 Å². The number of amides is 2. The summed E-state index contributed by atoms with van der Waals surface area (Å²) in [6, 6.07) is 13.6. The van der Waals surface area contributed by atoms with Crippen molar-refractivity contribution in [2.24, 2.45) is 0 Å². The maximum Gasteiger partial charge on any atom is 0.238 e. The highest BCUT2D eigenvalue weighted by Crippen LogP contribution is 2.38. The van der Waals surface area contributed by atoms with E-state index in [9.17, 15) is 14.0 Å². The first-order valence-electron chi connectivity index (χ1n) is 9.26. The van der Waals surface area contributed by atoms with Crippen LogP contribution < -0.4 is 10.1 Å². The molecule has 2 amide bonds. The molecule has 1 fully saturated rings. The fourth-order valence-corrected chi connectivity index (χ4v) is 4.48. The fourth-order valence-electron chi connectivity index (χ4n) is 3.18. The minimum absolute atomic E-state index is 0.0638. The average Bonchev–Trinajstić information content (AvgIpc) is 3.18. The van der Waals surface area contributed by atoms with Crippen molar-refractivity contribution in [3.8, 4) is 5.75 Å². The van der Waals surface area contributed by atoms with Crippen molar-refractivity contribution in [2.45, 2.75) is 5.37 Å². The van der Waals surface area contributed by atoms with Gasteiger partial charge in [0.05, 0.1) is 20.2 Å². The molecule has 1 atom stereocenters. The standard InChI is InChI=1S/C21H24FN3O3S/c1-24(13-19(26)23-15-6-5-7-16(12-15)28-2)14-20(27)25-10-11-29-21(25)17-8-3-4-9-18(17)22/h3-9,12,21H,10-11,13-14H2,1-2H3,(H,23,26)/t21-/m0/s1. The van der Waals surface area contributed by atoms with E-state index in [1.165, 1.54) is 6.07 Å². The van der Waals surface area contributed by atoms with Crippen LogP contribution >= 0.6 is 11.8 Å². The van der Waals surface area contributed by atoms with Crippen LogP contribution in [0, 0.1) is 5.82 Å². The molecule has 6 nitrogen and oxygen atoms in total. The molecule has 8 heteroatoms.